The molecule has 1 saturated heterocycles. The van der Waals surface area contributed by atoms with E-state index in [4.69, 9.17) is 12.2 Å². The number of amides is 2. The summed E-state index contributed by atoms with van der Waals surface area (Å²) < 4.78 is 0. The third kappa shape index (κ3) is 5.31. The van der Waals surface area contributed by atoms with Crippen LogP contribution in [0.4, 0.5) is 0 Å². The summed E-state index contributed by atoms with van der Waals surface area (Å²) in [6, 6.07) is 0. The average molecular weight is 265 g/mol. The zero-order valence-corrected chi connectivity index (χ0v) is 11.6. The molecule has 0 saturated carbocycles. The third-order valence-corrected chi connectivity index (χ3v) is 3.50. The van der Waals surface area contributed by atoms with Gasteiger partial charge in [-0.1, -0.05) is 12.8 Å². The van der Waals surface area contributed by atoms with E-state index in [0.717, 1.165) is 25.9 Å². The summed E-state index contributed by atoms with van der Waals surface area (Å²) in [5.74, 6) is 2.17. The number of likely N-dealkylation sites (tertiary alicyclic amines) is 1. The largest absolute Gasteiger partial charge is 0.369 e. The highest BCUT2D eigenvalue weighted by Gasteiger charge is 2.20. The fourth-order valence-corrected chi connectivity index (χ4v) is 2.12. The SMILES string of the molecule is C#CCN(CCC(C)C(N)=O)CC(=O)N1CCCC1. The second-order valence-corrected chi connectivity index (χ2v) is 5.09. The van der Waals surface area contributed by atoms with Gasteiger partial charge < -0.3 is 10.6 Å². The minimum absolute atomic E-state index is 0.125. The maximum absolute atomic E-state index is 12.0. The number of primary amides is 1. The minimum Gasteiger partial charge on any atom is -0.369 e. The summed E-state index contributed by atoms with van der Waals surface area (Å²) in [6.07, 6.45) is 8.11. The first-order valence-corrected chi connectivity index (χ1v) is 6.77. The quantitative estimate of drug-likeness (QED) is 0.662. The van der Waals surface area contributed by atoms with Crippen LogP contribution in [0.25, 0.3) is 0 Å². The second kappa shape index (κ2) is 7.80. The molecule has 1 aliphatic rings. The first-order chi connectivity index (χ1) is 9.04. The van der Waals surface area contributed by atoms with Crippen molar-refractivity contribution >= 4 is 11.8 Å². The zero-order chi connectivity index (χ0) is 14.3. The van der Waals surface area contributed by atoms with E-state index in [0.29, 0.717) is 26.1 Å². The highest BCUT2D eigenvalue weighted by atomic mass is 16.2. The molecule has 1 aliphatic heterocycles. The van der Waals surface area contributed by atoms with Crippen LogP contribution in [0, 0.1) is 18.3 Å². The lowest BCUT2D eigenvalue weighted by atomic mass is 10.1. The zero-order valence-electron chi connectivity index (χ0n) is 11.6. The van der Waals surface area contributed by atoms with E-state index < -0.39 is 0 Å². The summed E-state index contributed by atoms with van der Waals surface area (Å²) in [5.41, 5.74) is 5.22. The molecular weight excluding hydrogens is 242 g/mol. The van der Waals surface area contributed by atoms with Crippen LogP contribution in [-0.2, 0) is 9.59 Å². The van der Waals surface area contributed by atoms with E-state index >= 15 is 0 Å². The number of carbonyl (C=O) groups is 2. The third-order valence-electron chi connectivity index (χ3n) is 3.50. The van der Waals surface area contributed by atoms with Gasteiger partial charge in [0.05, 0.1) is 13.1 Å². The number of terminal acetylenes is 1. The van der Waals surface area contributed by atoms with Gasteiger partial charge in [-0.05, 0) is 19.3 Å². The van der Waals surface area contributed by atoms with Crippen molar-refractivity contribution in [2.24, 2.45) is 11.7 Å². The van der Waals surface area contributed by atoms with Gasteiger partial charge in [0.25, 0.3) is 0 Å². The van der Waals surface area contributed by atoms with Crippen molar-refractivity contribution < 1.29 is 9.59 Å². The van der Waals surface area contributed by atoms with E-state index in [9.17, 15) is 9.59 Å². The molecule has 2 N–H and O–H groups in total. The van der Waals surface area contributed by atoms with Crippen molar-refractivity contribution in [2.75, 3.05) is 32.7 Å². The highest BCUT2D eigenvalue weighted by Crippen LogP contribution is 2.09. The standard InChI is InChI=1S/C14H23N3O2/c1-3-7-16(10-6-12(2)14(15)19)11-13(18)17-8-4-5-9-17/h1,12H,4-11H2,2H3,(H2,15,19). The van der Waals surface area contributed by atoms with Gasteiger partial charge in [0.15, 0.2) is 0 Å². The van der Waals surface area contributed by atoms with Gasteiger partial charge in [-0.2, -0.15) is 0 Å². The van der Waals surface area contributed by atoms with Gasteiger partial charge >= 0.3 is 0 Å². The number of hydrogen-bond acceptors (Lipinski definition) is 3. The van der Waals surface area contributed by atoms with Crippen LogP contribution in [0.3, 0.4) is 0 Å². The van der Waals surface area contributed by atoms with Crippen LogP contribution in [0.5, 0.6) is 0 Å². The lowest BCUT2D eigenvalue weighted by molar-refractivity contribution is -0.131. The molecule has 2 amide bonds. The average Bonchev–Trinajstić information content (AvgIpc) is 2.89. The maximum atomic E-state index is 12.0. The topological polar surface area (TPSA) is 66.6 Å². The molecule has 0 spiro atoms. The molecule has 1 heterocycles. The maximum Gasteiger partial charge on any atom is 0.236 e. The molecule has 0 aromatic carbocycles. The summed E-state index contributed by atoms with van der Waals surface area (Å²) in [4.78, 5) is 26.8. The smallest absolute Gasteiger partial charge is 0.236 e. The Morgan fingerprint density at radius 3 is 2.58 bits per heavy atom. The number of nitrogens with two attached hydrogens (primary N) is 1. The van der Waals surface area contributed by atoms with Gasteiger partial charge in [-0.3, -0.25) is 14.5 Å². The first kappa shape index (κ1) is 15.5. The Kier molecular flexibility index (Phi) is 6.37. The second-order valence-electron chi connectivity index (χ2n) is 5.09. The molecule has 0 aliphatic carbocycles. The Balaban J connectivity index is 2.41. The van der Waals surface area contributed by atoms with Crippen LogP contribution >= 0.6 is 0 Å². The van der Waals surface area contributed by atoms with Crippen molar-refractivity contribution in [3.8, 4) is 12.3 Å². The van der Waals surface area contributed by atoms with Crippen LogP contribution in [0.15, 0.2) is 0 Å². The summed E-state index contributed by atoms with van der Waals surface area (Å²) >= 11 is 0. The van der Waals surface area contributed by atoms with E-state index in [2.05, 4.69) is 5.92 Å². The molecule has 0 aromatic rings. The molecule has 106 valence electrons. The highest BCUT2D eigenvalue weighted by molar-refractivity contribution is 5.78. The number of rotatable bonds is 7. The molecule has 1 unspecified atom stereocenters. The normalized spacial score (nSPS) is 16.4. The van der Waals surface area contributed by atoms with Crippen LogP contribution in [-0.4, -0.2) is 54.3 Å². The number of carbonyl (C=O) groups excluding carboxylic acids is 2. The first-order valence-electron chi connectivity index (χ1n) is 6.77. The fourth-order valence-electron chi connectivity index (χ4n) is 2.12. The Morgan fingerprint density at radius 2 is 2.05 bits per heavy atom. The molecule has 0 aromatic heterocycles. The van der Waals surface area contributed by atoms with Crippen molar-refractivity contribution in [2.45, 2.75) is 26.2 Å². The van der Waals surface area contributed by atoms with Gasteiger partial charge in [0.1, 0.15) is 0 Å². The number of nitrogens with zero attached hydrogens (tertiary/aromatic N) is 2. The predicted molar refractivity (Wildman–Crippen MR) is 74.1 cm³/mol. The van der Waals surface area contributed by atoms with Crippen LogP contribution in [0.2, 0.25) is 0 Å². The van der Waals surface area contributed by atoms with Crippen molar-refractivity contribution in [3.63, 3.8) is 0 Å². The lowest BCUT2D eigenvalue weighted by Gasteiger charge is -2.23. The minimum atomic E-state index is -0.313. The van der Waals surface area contributed by atoms with Gasteiger partial charge in [0.2, 0.25) is 11.8 Å². The molecule has 5 nitrogen and oxygen atoms in total. The lowest BCUT2D eigenvalue weighted by Crippen LogP contribution is -2.40. The predicted octanol–water partition coefficient (Wildman–Crippen LogP) is 0.0555. The van der Waals surface area contributed by atoms with E-state index in [1.165, 1.54) is 0 Å². The fraction of sp³-hybridized carbons (Fsp3) is 0.714. The molecular formula is C14H23N3O2. The van der Waals surface area contributed by atoms with Crippen molar-refractivity contribution in [1.29, 1.82) is 0 Å². The molecule has 1 rings (SSSR count). The van der Waals surface area contributed by atoms with E-state index in [-0.39, 0.29) is 17.7 Å². The number of hydrogen-bond donors (Lipinski definition) is 1. The Bertz CT molecular complexity index is 356. The molecule has 1 atom stereocenters. The summed E-state index contributed by atoms with van der Waals surface area (Å²) in [5, 5.41) is 0. The Labute approximate surface area is 115 Å². The summed E-state index contributed by atoms with van der Waals surface area (Å²) in [6.45, 7) is 4.86. The van der Waals surface area contributed by atoms with Crippen LogP contribution < -0.4 is 5.73 Å². The molecule has 1 fully saturated rings. The van der Waals surface area contributed by atoms with Gasteiger partial charge in [-0.25, -0.2) is 0 Å². The molecule has 19 heavy (non-hydrogen) atoms. The monoisotopic (exact) mass is 265 g/mol. The van der Waals surface area contributed by atoms with Gasteiger partial charge in [0, 0.05) is 25.6 Å². The molecule has 0 bridgehead atoms. The van der Waals surface area contributed by atoms with Crippen LogP contribution in [0.1, 0.15) is 26.2 Å². The van der Waals surface area contributed by atoms with Crippen molar-refractivity contribution in [1.82, 2.24) is 9.80 Å². The molecule has 5 heteroatoms. The molecule has 0 radical (unpaired) electrons. The summed E-state index contributed by atoms with van der Waals surface area (Å²) in [7, 11) is 0. The Hall–Kier alpha value is -1.54. The van der Waals surface area contributed by atoms with E-state index in [1.54, 1.807) is 6.92 Å². The Morgan fingerprint density at radius 1 is 1.42 bits per heavy atom. The van der Waals surface area contributed by atoms with E-state index in [1.807, 2.05) is 9.80 Å². The van der Waals surface area contributed by atoms with Crippen molar-refractivity contribution in [3.05, 3.63) is 0 Å². The van der Waals surface area contributed by atoms with Gasteiger partial charge in [-0.15, -0.1) is 6.42 Å².